The van der Waals surface area contributed by atoms with Crippen molar-refractivity contribution in [3.63, 3.8) is 0 Å². The minimum absolute atomic E-state index is 0.591. The molecule has 0 unspecified atom stereocenters. The Labute approximate surface area is 178 Å². The number of rotatable bonds is 7. The highest BCUT2D eigenvalue weighted by molar-refractivity contribution is 7.15. The summed E-state index contributed by atoms with van der Waals surface area (Å²) < 4.78 is 0. The first-order chi connectivity index (χ1) is 14.2. The fraction of sp³-hybridized carbons (Fsp3) is 0.375. The van der Waals surface area contributed by atoms with Crippen LogP contribution < -0.4 is 10.2 Å². The molecule has 1 N–H and O–H groups in total. The maximum atomic E-state index is 4.64. The molecule has 0 aliphatic carbocycles. The molecule has 1 aromatic heterocycles. The van der Waals surface area contributed by atoms with E-state index >= 15 is 0 Å². The number of nitrogens with one attached hydrogen (secondary N) is 1. The Bertz CT molecular complexity index is 881. The molecule has 2 heterocycles. The summed E-state index contributed by atoms with van der Waals surface area (Å²) in [7, 11) is 4.13. The van der Waals surface area contributed by atoms with Crippen LogP contribution in [0.3, 0.4) is 0 Å². The first kappa shape index (κ1) is 20.1. The van der Waals surface area contributed by atoms with Crippen molar-refractivity contribution in [2.45, 2.75) is 32.0 Å². The lowest BCUT2D eigenvalue weighted by Gasteiger charge is -2.32. The summed E-state index contributed by atoms with van der Waals surface area (Å²) in [6, 6.07) is 20.1. The van der Waals surface area contributed by atoms with Crippen molar-refractivity contribution in [1.29, 1.82) is 0 Å². The highest BCUT2D eigenvalue weighted by Crippen LogP contribution is 2.28. The SMILES string of the molecule is CN(C)c1ccc(-c2cnc(CNC3CCN(Cc4ccccc4)CC3)s2)cc1. The first-order valence-corrected chi connectivity index (χ1v) is 11.2. The predicted molar refractivity (Wildman–Crippen MR) is 123 cm³/mol. The van der Waals surface area contributed by atoms with Gasteiger partial charge in [0.15, 0.2) is 0 Å². The maximum absolute atomic E-state index is 4.64. The van der Waals surface area contributed by atoms with Gasteiger partial charge in [-0.1, -0.05) is 42.5 Å². The molecule has 1 saturated heterocycles. The molecule has 3 aromatic rings. The summed E-state index contributed by atoms with van der Waals surface area (Å²) >= 11 is 1.79. The third-order valence-corrected chi connectivity index (χ3v) is 6.65. The van der Waals surface area contributed by atoms with E-state index in [-0.39, 0.29) is 0 Å². The molecule has 1 aliphatic heterocycles. The molecule has 0 spiro atoms. The zero-order valence-electron chi connectivity index (χ0n) is 17.3. The van der Waals surface area contributed by atoms with Gasteiger partial charge in [0.1, 0.15) is 5.01 Å². The number of hydrogen-bond donors (Lipinski definition) is 1. The molecule has 0 saturated carbocycles. The van der Waals surface area contributed by atoms with Crippen molar-refractivity contribution in [3.8, 4) is 10.4 Å². The Balaban J connectivity index is 1.24. The van der Waals surface area contributed by atoms with Crippen LogP contribution in [-0.2, 0) is 13.1 Å². The van der Waals surface area contributed by atoms with Crippen LogP contribution in [-0.4, -0.2) is 43.1 Å². The average Bonchev–Trinajstić information content (AvgIpc) is 3.23. The summed E-state index contributed by atoms with van der Waals surface area (Å²) in [5.41, 5.74) is 3.88. The highest BCUT2D eigenvalue weighted by Gasteiger charge is 2.19. The van der Waals surface area contributed by atoms with Crippen LogP contribution in [0, 0.1) is 0 Å². The van der Waals surface area contributed by atoms with Gasteiger partial charge in [-0.15, -0.1) is 11.3 Å². The Morgan fingerprint density at radius 1 is 1.03 bits per heavy atom. The van der Waals surface area contributed by atoms with E-state index in [2.05, 4.69) is 88.8 Å². The standard InChI is InChI=1S/C24H30N4S/c1-27(2)22-10-8-20(9-11-22)23-16-26-24(29-23)17-25-21-12-14-28(15-13-21)18-19-6-4-3-5-7-19/h3-11,16,21,25H,12-15,17-18H2,1-2H3. The fourth-order valence-corrected chi connectivity index (χ4v) is 4.69. The molecule has 2 aromatic carbocycles. The van der Waals surface area contributed by atoms with Gasteiger partial charge in [0.25, 0.3) is 0 Å². The van der Waals surface area contributed by atoms with Crippen molar-refractivity contribution in [2.75, 3.05) is 32.1 Å². The molecule has 152 valence electrons. The zero-order chi connectivity index (χ0) is 20.1. The third-order valence-electron chi connectivity index (χ3n) is 5.60. The number of piperidine rings is 1. The zero-order valence-corrected chi connectivity index (χ0v) is 18.2. The van der Waals surface area contributed by atoms with Crippen molar-refractivity contribution < 1.29 is 0 Å². The molecule has 1 fully saturated rings. The molecule has 4 rings (SSSR count). The van der Waals surface area contributed by atoms with Gasteiger partial charge >= 0.3 is 0 Å². The monoisotopic (exact) mass is 406 g/mol. The Morgan fingerprint density at radius 2 is 1.76 bits per heavy atom. The summed E-state index contributed by atoms with van der Waals surface area (Å²) in [5, 5.41) is 4.90. The number of aromatic nitrogens is 1. The van der Waals surface area contributed by atoms with Crippen molar-refractivity contribution in [2.24, 2.45) is 0 Å². The van der Waals surface area contributed by atoms with Crippen LogP contribution in [0.4, 0.5) is 5.69 Å². The Kier molecular flexibility index (Phi) is 6.60. The quantitative estimate of drug-likeness (QED) is 0.620. The Morgan fingerprint density at radius 3 is 2.45 bits per heavy atom. The van der Waals surface area contributed by atoms with Crippen LogP contribution in [0.1, 0.15) is 23.4 Å². The van der Waals surface area contributed by atoms with E-state index in [1.165, 1.54) is 39.5 Å². The number of thiazole rings is 1. The second kappa shape index (κ2) is 9.53. The molecule has 0 atom stereocenters. The third kappa shape index (κ3) is 5.44. The van der Waals surface area contributed by atoms with E-state index in [0.29, 0.717) is 6.04 Å². The smallest absolute Gasteiger partial charge is 0.107 e. The topological polar surface area (TPSA) is 31.4 Å². The highest BCUT2D eigenvalue weighted by atomic mass is 32.1. The van der Waals surface area contributed by atoms with E-state index in [0.717, 1.165) is 26.2 Å². The molecule has 5 heteroatoms. The van der Waals surface area contributed by atoms with Crippen LogP contribution in [0.15, 0.2) is 60.8 Å². The van der Waals surface area contributed by atoms with Gasteiger partial charge in [-0.3, -0.25) is 4.90 Å². The van der Waals surface area contributed by atoms with E-state index in [1.807, 2.05) is 6.20 Å². The van der Waals surface area contributed by atoms with Crippen molar-refractivity contribution in [1.82, 2.24) is 15.2 Å². The van der Waals surface area contributed by atoms with Crippen molar-refractivity contribution >= 4 is 17.0 Å². The molecule has 1 aliphatic rings. The van der Waals surface area contributed by atoms with Crippen LogP contribution >= 0.6 is 11.3 Å². The van der Waals surface area contributed by atoms with Crippen LogP contribution in [0.5, 0.6) is 0 Å². The van der Waals surface area contributed by atoms with E-state index in [9.17, 15) is 0 Å². The van der Waals surface area contributed by atoms with Gasteiger partial charge in [0.05, 0.1) is 4.88 Å². The molecular formula is C24H30N4S. The van der Waals surface area contributed by atoms with Crippen LogP contribution in [0.2, 0.25) is 0 Å². The maximum Gasteiger partial charge on any atom is 0.107 e. The molecule has 0 amide bonds. The lowest BCUT2D eigenvalue weighted by molar-refractivity contribution is 0.190. The van der Waals surface area contributed by atoms with Gasteiger partial charge in [-0.25, -0.2) is 4.98 Å². The number of likely N-dealkylation sites (tertiary alicyclic amines) is 1. The van der Waals surface area contributed by atoms with E-state index in [1.54, 1.807) is 11.3 Å². The number of benzene rings is 2. The molecular weight excluding hydrogens is 376 g/mol. The summed E-state index contributed by atoms with van der Waals surface area (Å²) in [4.78, 5) is 10.6. The van der Waals surface area contributed by atoms with Gasteiger partial charge < -0.3 is 10.2 Å². The van der Waals surface area contributed by atoms with Gasteiger partial charge in [-0.2, -0.15) is 0 Å². The van der Waals surface area contributed by atoms with E-state index in [4.69, 9.17) is 0 Å². The summed E-state index contributed by atoms with van der Waals surface area (Å²) in [5.74, 6) is 0. The largest absolute Gasteiger partial charge is 0.378 e. The van der Waals surface area contributed by atoms with E-state index < -0.39 is 0 Å². The molecule has 0 bridgehead atoms. The minimum atomic E-state index is 0.591. The lowest BCUT2D eigenvalue weighted by atomic mass is 10.0. The van der Waals surface area contributed by atoms with Gasteiger partial charge in [-0.05, 0) is 49.2 Å². The Hall–Kier alpha value is -2.21. The molecule has 0 radical (unpaired) electrons. The number of anilines is 1. The number of nitrogens with zero attached hydrogens (tertiary/aromatic N) is 3. The summed E-state index contributed by atoms with van der Waals surface area (Å²) in [6.07, 6.45) is 4.42. The lowest BCUT2D eigenvalue weighted by Crippen LogP contribution is -2.41. The molecule has 4 nitrogen and oxygen atoms in total. The average molecular weight is 407 g/mol. The second-order valence-corrected chi connectivity index (χ2v) is 9.09. The molecule has 29 heavy (non-hydrogen) atoms. The van der Waals surface area contributed by atoms with Crippen molar-refractivity contribution in [3.05, 3.63) is 71.4 Å². The van der Waals surface area contributed by atoms with Gasteiger partial charge in [0.2, 0.25) is 0 Å². The second-order valence-electron chi connectivity index (χ2n) is 7.98. The van der Waals surface area contributed by atoms with Crippen LogP contribution in [0.25, 0.3) is 10.4 Å². The fourth-order valence-electron chi connectivity index (χ4n) is 3.82. The van der Waals surface area contributed by atoms with Gasteiger partial charge in [0, 0.05) is 45.1 Å². The predicted octanol–water partition coefficient (Wildman–Crippen LogP) is 4.63. The minimum Gasteiger partial charge on any atom is -0.378 e. The first-order valence-electron chi connectivity index (χ1n) is 10.4. The summed E-state index contributed by atoms with van der Waals surface area (Å²) in [6.45, 7) is 4.25. The normalized spacial score (nSPS) is 15.5. The number of hydrogen-bond acceptors (Lipinski definition) is 5.